The maximum absolute atomic E-state index is 12.0. The van der Waals surface area contributed by atoms with Crippen molar-refractivity contribution in [3.05, 3.63) is 51.6 Å². The molecule has 0 fully saturated rings. The summed E-state index contributed by atoms with van der Waals surface area (Å²) in [4.78, 5) is 34.2. The van der Waals surface area contributed by atoms with Crippen LogP contribution in [-0.4, -0.2) is 23.3 Å². The smallest absolute Gasteiger partial charge is 0.348 e. The lowest BCUT2D eigenvalue weighted by Crippen LogP contribution is -2.20. The van der Waals surface area contributed by atoms with Gasteiger partial charge in [0.1, 0.15) is 0 Å². The molecule has 0 aromatic heterocycles. The largest absolute Gasteiger partial charge is 0.462 e. The summed E-state index contributed by atoms with van der Waals surface area (Å²) < 4.78 is 4.96. The molecule has 0 unspecified atom stereocenters. The average molecular weight is 291 g/mol. The number of esters is 1. The van der Waals surface area contributed by atoms with Gasteiger partial charge in [-0.2, -0.15) is 0 Å². The third kappa shape index (κ3) is 4.52. The first-order chi connectivity index (χ1) is 9.84. The molecule has 6 nitrogen and oxygen atoms in total. The zero-order valence-corrected chi connectivity index (χ0v) is 12.2. The Bertz CT molecular complexity index is 575. The molecule has 0 N–H and O–H groups in total. The molecule has 0 heterocycles. The summed E-state index contributed by atoms with van der Waals surface area (Å²) in [6, 6.07) is 7.81. The lowest BCUT2D eigenvalue weighted by Gasteiger charge is -2.09. The minimum Gasteiger partial charge on any atom is -0.462 e. The number of carbonyl (C=O) groups is 2. The second kappa shape index (κ2) is 7.33. The lowest BCUT2D eigenvalue weighted by atomic mass is 10.0. The second-order valence-electron chi connectivity index (χ2n) is 4.90. The Hall–Kier alpha value is -2.50. The van der Waals surface area contributed by atoms with Crippen molar-refractivity contribution in [2.75, 3.05) is 6.61 Å². The van der Waals surface area contributed by atoms with Crippen molar-refractivity contribution in [1.29, 1.82) is 0 Å². The first-order valence-corrected chi connectivity index (χ1v) is 6.46. The van der Waals surface area contributed by atoms with Gasteiger partial charge in [-0.05, 0) is 25.0 Å². The zero-order chi connectivity index (χ0) is 16.0. The van der Waals surface area contributed by atoms with Crippen molar-refractivity contribution in [2.45, 2.75) is 20.8 Å². The number of rotatable bonds is 6. The molecule has 1 aromatic carbocycles. The van der Waals surface area contributed by atoms with Crippen molar-refractivity contribution >= 4 is 17.4 Å². The van der Waals surface area contributed by atoms with Crippen LogP contribution < -0.4 is 0 Å². The van der Waals surface area contributed by atoms with E-state index in [9.17, 15) is 19.7 Å². The summed E-state index contributed by atoms with van der Waals surface area (Å²) >= 11 is 0. The van der Waals surface area contributed by atoms with Crippen LogP contribution in [0.1, 0.15) is 26.3 Å². The number of nitrogens with zero attached hydrogens (tertiary/aromatic N) is 1. The van der Waals surface area contributed by atoms with Crippen LogP contribution in [0.15, 0.2) is 35.9 Å². The van der Waals surface area contributed by atoms with E-state index in [4.69, 9.17) is 4.74 Å². The SMILES string of the molecule is CC(=O)C(C(=O)OCC(C)C)=C(c1ccccc1)[N+](=O)[O-]. The third-order valence-corrected chi connectivity index (χ3v) is 2.57. The Labute approximate surface area is 122 Å². The van der Waals surface area contributed by atoms with Crippen LogP contribution in [-0.2, 0) is 14.3 Å². The predicted molar refractivity (Wildman–Crippen MR) is 76.8 cm³/mol. The third-order valence-electron chi connectivity index (χ3n) is 2.57. The van der Waals surface area contributed by atoms with Gasteiger partial charge >= 0.3 is 5.97 Å². The first kappa shape index (κ1) is 16.6. The van der Waals surface area contributed by atoms with Crippen molar-refractivity contribution in [3.8, 4) is 0 Å². The monoisotopic (exact) mass is 291 g/mol. The molecule has 0 bridgehead atoms. The van der Waals surface area contributed by atoms with Gasteiger partial charge in [0.15, 0.2) is 11.4 Å². The number of benzene rings is 1. The molecule has 0 radical (unpaired) electrons. The average Bonchev–Trinajstić information content (AvgIpc) is 2.42. The van der Waals surface area contributed by atoms with Gasteiger partial charge in [-0.1, -0.05) is 32.0 Å². The Morgan fingerprint density at radius 1 is 1.24 bits per heavy atom. The molecule has 0 saturated heterocycles. The van der Waals surface area contributed by atoms with Crippen molar-refractivity contribution in [2.24, 2.45) is 5.92 Å². The lowest BCUT2D eigenvalue weighted by molar-refractivity contribution is -0.376. The fraction of sp³-hybridized carbons (Fsp3) is 0.333. The standard InChI is InChI=1S/C15H17NO5/c1-10(2)9-21-15(18)13(11(3)17)14(16(19)20)12-7-5-4-6-8-12/h4-8,10H,9H2,1-3H3. The van der Waals surface area contributed by atoms with E-state index in [1.807, 2.05) is 13.8 Å². The molecule has 0 aliphatic carbocycles. The predicted octanol–water partition coefficient (Wildman–Crippen LogP) is 2.46. The highest BCUT2D eigenvalue weighted by Crippen LogP contribution is 2.21. The number of nitro groups is 1. The summed E-state index contributed by atoms with van der Waals surface area (Å²) in [5.41, 5.74) is -0.877. The highest BCUT2D eigenvalue weighted by Gasteiger charge is 2.31. The number of carbonyl (C=O) groups excluding carboxylic acids is 2. The molecule has 0 aliphatic rings. The molecule has 0 saturated carbocycles. The topological polar surface area (TPSA) is 86.5 Å². The van der Waals surface area contributed by atoms with Gasteiger partial charge < -0.3 is 4.74 Å². The summed E-state index contributed by atoms with van der Waals surface area (Å²) in [6.07, 6.45) is 0. The maximum atomic E-state index is 12.0. The molecular weight excluding hydrogens is 274 g/mol. The van der Waals surface area contributed by atoms with Gasteiger partial charge in [0.05, 0.1) is 17.1 Å². The quantitative estimate of drug-likeness (QED) is 0.201. The van der Waals surface area contributed by atoms with Crippen LogP contribution in [0.2, 0.25) is 0 Å². The molecule has 112 valence electrons. The van der Waals surface area contributed by atoms with E-state index in [1.54, 1.807) is 18.2 Å². The van der Waals surface area contributed by atoms with E-state index in [0.29, 0.717) is 0 Å². The molecule has 0 atom stereocenters. The Morgan fingerprint density at radius 3 is 2.24 bits per heavy atom. The molecule has 1 rings (SSSR count). The molecular formula is C15H17NO5. The number of Topliss-reactive ketones (excluding diaryl/α,β-unsaturated/α-hetero) is 1. The fourth-order valence-corrected chi connectivity index (χ4v) is 1.66. The Balaban J connectivity index is 3.33. The van der Waals surface area contributed by atoms with Gasteiger partial charge in [0, 0.05) is 0 Å². The minimum atomic E-state index is -0.966. The van der Waals surface area contributed by atoms with Crippen molar-refractivity contribution < 1.29 is 19.2 Å². The fourth-order valence-electron chi connectivity index (χ4n) is 1.66. The molecule has 0 amide bonds. The summed E-state index contributed by atoms with van der Waals surface area (Å²) in [7, 11) is 0. The van der Waals surface area contributed by atoms with E-state index in [1.165, 1.54) is 12.1 Å². The number of ketones is 1. The van der Waals surface area contributed by atoms with Gasteiger partial charge in [0.25, 0.3) is 5.70 Å². The minimum absolute atomic E-state index is 0.0675. The van der Waals surface area contributed by atoms with Gasteiger partial charge in [-0.25, -0.2) is 4.79 Å². The van der Waals surface area contributed by atoms with E-state index in [2.05, 4.69) is 0 Å². The number of hydrogen-bond donors (Lipinski definition) is 0. The normalized spacial score (nSPS) is 11.8. The summed E-state index contributed by atoms with van der Waals surface area (Å²) in [5, 5.41) is 11.3. The van der Waals surface area contributed by atoms with Gasteiger partial charge in [0.2, 0.25) is 0 Å². The van der Waals surface area contributed by atoms with Crippen LogP contribution in [0.4, 0.5) is 0 Å². The van der Waals surface area contributed by atoms with Crippen molar-refractivity contribution in [1.82, 2.24) is 0 Å². The van der Waals surface area contributed by atoms with Crippen LogP contribution in [0, 0.1) is 16.0 Å². The molecule has 0 aliphatic heterocycles. The summed E-state index contributed by atoms with van der Waals surface area (Å²) in [5.74, 6) is -1.59. The molecule has 1 aromatic rings. The number of hydrogen-bond acceptors (Lipinski definition) is 5. The highest BCUT2D eigenvalue weighted by atomic mass is 16.6. The highest BCUT2D eigenvalue weighted by molar-refractivity contribution is 6.21. The number of ether oxygens (including phenoxy) is 1. The van der Waals surface area contributed by atoms with E-state index < -0.39 is 27.9 Å². The van der Waals surface area contributed by atoms with E-state index >= 15 is 0 Å². The van der Waals surface area contributed by atoms with E-state index in [-0.39, 0.29) is 18.1 Å². The van der Waals surface area contributed by atoms with Crippen LogP contribution >= 0.6 is 0 Å². The molecule has 6 heteroatoms. The van der Waals surface area contributed by atoms with E-state index in [0.717, 1.165) is 6.92 Å². The first-order valence-electron chi connectivity index (χ1n) is 6.46. The Kier molecular flexibility index (Phi) is 5.78. The second-order valence-corrected chi connectivity index (χ2v) is 4.90. The van der Waals surface area contributed by atoms with Crippen LogP contribution in [0.25, 0.3) is 5.70 Å². The van der Waals surface area contributed by atoms with Gasteiger partial charge in [-0.3, -0.25) is 14.9 Å². The molecule has 0 spiro atoms. The van der Waals surface area contributed by atoms with Crippen LogP contribution in [0.5, 0.6) is 0 Å². The zero-order valence-electron chi connectivity index (χ0n) is 12.2. The maximum Gasteiger partial charge on any atom is 0.348 e. The summed E-state index contributed by atoms with van der Waals surface area (Å²) in [6.45, 7) is 4.86. The Morgan fingerprint density at radius 2 is 1.81 bits per heavy atom. The molecule has 21 heavy (non-hydrogen) atoms. The van der Waals surface area contributed by atoms with Crippen molar-refractivity contribution in [3.63, 3.8) is 0 Å². The van der Waals surface area contributed by atoms with Gasteiger partial charge in [-0.15, -0.1) is 0 Å². The van der Waals surface area contributed by atoms with Crippen LogP contribution in [0.3, 0.4) is 0 Å².